The molecule has 3 aliphatic rings. The molecule has 0 spiro atoms. The molecule has 1 saturated carbocycles. The Labute approximate surface area is 253 Å². The predicted octanol–water partition coefficient (Wildman–Crippen LogP) is 2.91. The predicted molar refractivity (Wildman–Crippen MR) is 155 cm³/mol. The number of hydrogen-bond acceptors (Lipinski definition) is 5. The van der Waals surface area contributed by atoms with E-state index in [-0.39, 0.29) is 31.2 Å². The number of nitrogens with zero attached hydrogens (tertiary/aromatic N) is 3. The van der Waals surface area contributed by atoms with Gasteiger partial charge in [0, 0.05) is 45.4 Å². The second-order valence-electron chi connectivity index (χ2n) is 12.1. The number of nitrogens with one attached hydrogen (secondary N) is 4. The molecular formula is C30H38F3N7O4. The summed E-state index contributed by atoms with van der Waals surface area (Å²) in [5, 5.41) is 14.9. The fraction of sp³-hybridized carbons (Fsp3) is 0.567. The standard InChI is InChI=1S/C30H38F3N7O4/c1-17(30(31,32)33)22-16-40(28(44)37-22)29(27(43)34-2)14-19-9-10-21(13-20(19)15-29)36-26(42)24(18-7-5-4-6-8-18)38-25(41)23-11-12-35-39(23)3/h9-13,17-18,22,24H,4-8,14-16H2,1-3H3,(H,34,43)(H,36,42)(H,37,44)(H,38,41)/t17?,22?,24-,29?/m0/s1. The molecule has 238 valence electrons. The third-order valence-electron chi connectivity index (χ3n) is 9.40. The van der Waals surface area contributed by atoms with Crippen molar-refractivity contribution in [3.8, 4) is 0 Å². The molecule has 0 radical (unpaired) electrons. The van der Waals surface area contributed by atoms with Crippen LogP contribution in [0.15, 0.2) is 30.5 Å². The normalized spacial score (nSPS) is 23.5. The van der Waals surface area contributed by atoms with Gasteiger partial charge in [0.25, 0.3) is 5.91 Å². The number of benzene rings is 1. The second kappa shape index (κ2) is 12.1. The Morgan fingerprint density at radius 1 is 1.09 bits per heavy atom. The number of alkyl halides is 3. The number of aryl methyl sites for hydroxylation is 1. The van der Waals surface area contributed by atoms with E-state index in [1.807, 2.05) is 0 Å². The summed E-state index contributed by atoms with van der Waals surface area (Å²) in [6.45, 7) is 0.739. The van der Waals surface area contributed by atoms with Crippen molar-refractivity contribution in [2.75, 3.05) is 18.9 Å². The molecule has 0 bridgehead atoms. The van der Waals surface area contributed by atoms with Crippen molar-refractivity contribution in [2.45, 2.75) is 75.7 Å². The van der Waals surface area contributed by atoms with Gasteiger partial charge in [-0.2, -0.15) is 18.3 Å². The van der Waals surface area contributed by atoms with Crippen molar-refractivity contribution < 1.29 is 32.3 Å². The van der Waals surface area contributed by atoms with Gasteiger partial charge in [-0.3, -0.25) is 19.1 Å². The minimum Gasteiger partial charge on any atom is -0.357 e. The minimum atomic E-state index is -4.51. The van der Waals surface area contributed by atoms with Gasteiger partial charge < -0.3 is 26.2 Å². The first-order valence-electron chi connectivity index (χ1n) is 14.9. The average molecular weight is 618 g/mol. The van der Waals surface area contributed by atoms with Crippen molar-refractivity contribution in [3.63, 3.8) is 0 Å². The van der Waals surface area contributed by atoms with Crippen LogP contribution in [0.3, 0.4) is 0 Å². The lowest BCUT2D eigenvalue weighted by molar-refractivity contribution is -0.175. The van der Waals surface area contributed by atoms with E-state index in [1.54, 1.807) is 31.3 Å². The molecule has 2 heterocycles. The molecule has 1 saturated heterocycles. The van der Waals surface area contributed by atoms with Gasteiger partial charge in [0.05, 0.1) is 12.0 Å². The number of carbonyl (C=O) groups excluding carboxylic acids is 4. The molecule has 4 atom stereocenters. The van der Waals surface area contributed by atoms with Crippen LogP contribution in [-0.4, -0.2) is 75.8 Å². The SMILES string of the molecule is CNC(=O)C1(N2CC(C(C)C(F)(F)F)NC2=O)Cc2ccc(NC(=O)[C@@H](NC(=O)c3ccnn3C)C3CCCCC3)cc2C1. The molecule has 2 aliphatic carbocycles. The summed E-state index contributed by atoms with van der Waals surface area (Å²) in [6, 6.07) is 4.05. The molecule has 1 aromatic carbocycles. The summed E-state index contributed by atoms with van der Waals surface area (Å²) in [6.07, 6.45) is 1.78. The summed E-state index contributed by atoms with van der Waals surface area (Å²) in [5.74, 6) is -3.09. The Balaban J connectivity index is 1.35. The van der Waals surface area contributed by atoms with E-state index in [2.05, 4.69) is 26.4 Å². The Morgan fingerprint density at radius 2 is 1.80 bits per heavy atom. The number of halogens is 3. The lowest BCUT2D eigenvalue weighted by Gasteiger charge is -2.36. The topological polar surface area (TPSA) is 137 Å². The van der Waals surface area contributed by atoms with Crippen LogP contribution in [0.1, 0.15) is 60.6 Å². The first-order valence-corrected chi connectivity index (χ1v) is 14.9. The smallest absolute Gasteiger partial charge is 0.357 e. The first kappa shape index (κ1) is 31.3. The molecule has 2 aromatic rings. The third-order valence-corrected chi connectivity index (χ3v) is 9.40. The molecule has 5 amide bonds. The number of amides is 5. The van der Waals surface area contributed by atoms with Crippen molar-refractivity contribution in [1.82, 2.24) is 30.6 Å². The largest absolute Gasteiger partial charge is 0.393 e. The molecule has 14 heteroatoms. The number of urea groups is 1. The lowest BCUT2D eigenvalue weighted by Crippen LogP contribution is -2.60. The molecule has 11 nitrogen and oxygen atoms in total. The lowest BCUT2D eigenvalue weighted by atomic mass is 9.83. The fourth-order valence-corrected chi connectivity index (χ4v) is 6.78. The van der Waals surface area contributed by atoms with Crippen molar-refractivity contribution in [2.24, 2.45) is 18.9 Å². The summed E-state index contributed by atoms with van der Waals surface area (Å²) in [7, 11) is 3.07. The summed E-state index contributed by atoms with van der Waals surface area (Å²) in [5.41, 5.74) is 0.802. The molecule has 5 rings (SSSR count). The highest BCUT2D eigenvalue weighted by atomic mass is 19.4. The highest BCUT2D eigenvalue weighted by Gasteiger charge is 2.55. The van der Waals surface area contributed by atoms with Crippen LogP contribution < -0.4 is 21.3 Å². The molecule has 4 N–H and O–H groups in total. The molecule has 1 aromatic heterocycles. The number of aromatic nitrogens is 2. The van der Waals surface area contributed by atoms with Crippen LogP contribution in [0, 0.1) is 11.8 Å². The monoisotopic (exact) mass is 617 g/mol. The summed E-state index contributed by atoms with van der Waals surface area (Å²) in [4.78, 5) is 54.2. The maximum Gasteiger partial charge on any atom is 0.393 e. The Bertz CT molecular complexity index is 1440. The first-order chi connectivity index (χ1) is 20.8. The maximum atomic E-state index is 13.7. The molecule has 2 fully saturated rings. The summed E-state index contributed by atoms with van der Waals surface area (Å²) >= 11 is 0. The van der Waals surface area contributed by atoms with Crippen LogP contribution in [0.5, 0.6) is 0 Å². The Hall–Kier alpha value is -4.10. The van der Waals surface area contributed by atoms with Crippen LogP contribution in [0.25, 0.3) is 0 Å². The van der Waals surface area contributed by atoms with E-state index in [1.165, 1.54) is 22.8 Å². The fourth-order valence-electron chi connectivity index (χ4n) is 6.78. The highest BCUT2D eigenvalue weighted by molar-refractivity contribution is 6.01. The van der Waals surface area contributed by atoms with Gasteiger partial charge in [0.15, 0.2) is 0 Å². The zero-order valence-corrected chi connectivity index (χ0v) is 25.0. The van der Waals surface area contributed by atoms with Gasteiger partial charge in [0.1, 0.15) is 17.3 Å². The minimum absolute atomic E-state index is 0.0445. The van der Waals surface area contributed by atoms with Crippen LogP contribution in [0.4, 0.5) is 23.7 Å². The van der Waals surface area contributed by atoms with Gasteiger partial charge in [0.2, 0.25) is 11.8 Å². The van der Waals surface area contributed by atoms with Gasteiger partial charge in [-0.15, -0.1) is 0 Å². The number of anilines is 1. The van der Waals surface area contributed by atoms with E-state index >= 15 is 0 Å². The average Bonchev–Trinajstić information content (AvgIpc) is 3.71. The molecule has 1 aliphatic heterocycles. The zero-order valence-electron chi connectivity index (χ0n) is 25.0. The molecule has 3 unspecified atom stereocenters. The number of carbonyl (C=O) groups is 4. The van der Waals surface area contributed by atoms with Gasteiger partial charge in [-0.25, -0.2) is 4.79 Å². The van der Waals surface area contributed by atoms with Gasteiger partial charge >= 0.3 is 12.2 Å². The number of hydrogen-bond donors (Lipinski definition) is 4. The van der Waals surface area contributed by atoms with Crippen LogP contribution >= 0.6 is 0 Å². The number of rotatable bonds is 8. The van der Waals surface area contributed by atoms with E-state index in [0.29, 0.717) is 16.9 Å². The van der Waals surface area contributed by atoms with E-state index < -0.39 is 47.6 Å². The number of fused-ring (bicyclic) bond motifs is 1. The van der Waals surface area contributed by atoms with E-state index in [9.17, 15) is 32.3 Å². The summed E-state index contributed by atoms with van der Waals surface area (Å²) < 4.78 is 41.8. The Kier molecular flexibility index (Phi) is 8.63. The van der Waals surface area contributed by atoms with Crippen LogP contribution in [0.2, 0.25) is 0 Å². The quantitative estimate of drug-likeness (QED) is 0.361. The van der Waals surface area contributed by atoms with Gasteiger partial charge in [-0.05, 0) is 48.1 Å². The zero-order chi connectivity index (χ0) is 31.8. The van der Waals surface area contributed by atoms with E-state index in [4.69, 9.17) is 0 Å². The molecule has 44 heavy (non-hydrogen) atoms. The third kappa shape index (κ3) is 5.98. The molecular weight excluding hydrogens is 579 g/mol. The van der Waals surface area contributed by atoms with Crippen LogP contribution in [-0.2, 0) is 29.5 Å². The maximum absolute atomic E-state index is 13.7. The Morgan fingerprint density at radius 3 is 2.43 bits per heavy atom. The number of likely N-dealkylation sites (N-methyl/N-ethyl adjacent to an activating group) is 1. The van der Waals surface area contributed by atoms with Gasteiger partial charge in [-0.1, -0.05) is 32.3 Å². The van der Waals surface area contributed by atoms with Crippen molar-refractivity contribution in [1.29, 1.82) is 0 Å². The van der Waals surface area contributed by atoms with E-state index in [0.717, 1.165) is 44.6 Å². The van der Waals surface area contributed by atoms with Crippen molar-refractivity contribution >= 4 is 29.4 Å². The second-order valence-corrected chi connectivity index (χ2v) is 12.1. The highest BCUT2D eigenvalue weighted by Crippen LogP contribution is 2.40. The van der Waals surface area contributed by atoms with Crippen molar-refractivity contribution in [3.05, 3.63) is 47.3 Å².